The van der Waals surface area contributed by atoms with Crippen molar-refractivity contribution < 1.29 is 4.92 Å². The maximum Gasteiger partial charge on any atom is 0.269 e. The Morgan fingerprint density at radius 1 is 1.21 bits per heavy atom. The van der Waals surface area contributed by atoms with Crippen molar-refractivity contribution >= 4 is 18.1 Å². The zero-order chi connectivity index (χ0) is 12.5. The maximum atomic E-state index is 10.6. The molecule has 2 saturated heterocycles. The van der Waals surface area contributed by atoms with Crippen molar-refractivity contribution in [3.05, 3.63) is 39.9 Å². The molecule has 0 radical (unpaired) electrons. The lowest BCUT2D eigenvalue weighted by atomic mass is 10.0. The molecule has 19 heavy (non-hydrogen) atoms. The summed E-state index contributed by atoms with van der Waals surface area (Å²) in [4.78, 5) is 12.7. The van der Waals surface area contributed by atoms with Crippen molar-refractivity contribution in [2.24, 2.45) is 11.8 Å². The van der Waals surface area contributed by atoms with Gasteiger partial charge >= 0.3 is 0 Å². The lowest BCUT2D eigenvalue weighted by Gasteiger charge is -2.16. The van der Waals surface area contributed by atoms with E-state index in [0.29, 0.717) is 0 Å². The largest absolute Gasteiger partial charge is 0.316 e. The van der Waals surface area contributed by atoms with Crippen LogP contribution in [0, 0.1) is 22.0 Å². The predicted molar refractivity (Wildman–Crippen MR) is 75.5 cm³/mol. The van der Waals surface area contributed by atoms with Crippen LogP contribution in [-0.2, 0) is 6.54 Å². The van der Waals surface area contributed by atoms with Crippen molar-refractivity contribution in [2.75, 3.05) is 26.2 Å². The van der Waals surface area contributed by atoms with Crippen LogP contribution in [0.4, 0.5) is 5.69 Å². The molecule has 104 valence electrons. The molecular weight excluding hydrogens is 266 g/mol. The number of nitrogens with zero attached hydrogens (tertiary/aromatic N) is 2. The van der Waals surface area contributed by atoms with Crippen molar-refractivity contribution in [1.82, 2.24) is 10.2 Å². The van der Waals surface area contributed by atoms with Gasteiger partial charge in [0.25, 0.3) is 5.69 Å². The molecule has 0 bridgehead atoms. The van der Waals surface area contributed by atoms with E-state index in [0.717, 1.165) is 50.1 Å². The molecule has 6 heteroatoms. The first kappa shape index (κ1) is 14.2. The molecule has 5 nitrogen and oxygen atoms in total. The number of likely N-dealkylation sites (tertiary alicyclic amines) is 1. The third-order valence-electron chi connectivity index (χ3n) is 4.02. The number of hydrogen-bond donors (Lipinski definition) is 1. The fourth-order valence-electron chi connectivity index (χ4n) is 3.06. The van der Waals surface area contributed by atoms with Crippen LogP contribution < -0.4 is 5.32 Å². The second-order valence-corrected chi connectivity index (χ2v) is 5.30. The highest BCUT2D eigenvalue weighted by atomic mass is 35.5. The van der Waals surface area contributed by atoms with Gasteiger partial charge in [0.05, 0.1) is 4.92 Å². The molecule has 1 aromatic carbocycles. The third-order valence-corrected chi connectivity index (χ3v) is 4.02. The summed E-state index contributed by atoms with van der Waals surface area (Å²) >= 11 is 0. The first-order valence-corrected chi connectivity index (χ1v) is 6.39. The summed E-state index contributed by atoms with van der Waals surface area (Å²) in [6.07, 6.45) is 0. The SMILES string of the molecule is Cl.O=[N+]([O-])c1ccc(CN2CC3CNCC3C2)cc1. The number of benzene rings is 1. The minimum atomic E-state index is -0.351. The highest BCUT2D eigenvalue weighted by Crippen LogP contribution is 2.27. The molecule has 0 aliphatic carbocycles. The number of hydrogen-bond acceptors (Lipinski definition) is 4. The zero-order valence-electron chi connectivity index (χ0n) is 10.6. The second kappa shape index (κ2) is 5.86. The van der Waals surface area contributed by atoms with Gasteiger partial charge in [-0.1, -0.05) is 12.1 Å². The number of nitrogens with one attached hydrogen (secondary N) is 1. The van der Waals surface area contributed by atoms with Gasteiger partial charge < -0.3 is 5.32 Å². The van der Waals surface area contributed by atoms with Crippen LogP contribution in [0.15, 0.2) is 24.3 Å². The van der Waals surface area contributed by atoms with Crippen LogP contribution in [-0.4, -0.2) is 36.0 Å². The summed E-state index contributed by atoms with van der Waals surface area (Å²) in [5.41, 5.74) is 1.33. The summed E-state index contributed by atoms with van der Waals surface area (Å²) in [6.45, 7) is 5.48. The fourth-order valence-corrected chi connectivity index (χ4v) is 3.06. The number of non-ortho nitro benzene ring substituents is 1. The van der Waals surface area contributed by atoms with E-state index in [2.05, 4.69) is 10.2 Å². The Labute approximate surface area is 118 Å². The summed E-state index contributed by atoms with van der Waals surface area (Å²) < 4.78 is 0. The van der Waals surface area contributed by atoms with E-state index in [-0.39, 0.29) is 23.0 Å². The zero-order valence-corrected chi connectivity index (χ0v) is 11.4. The molecule has 2 aliphatic rings. The Kier molecular flexibility index (Phi) is 4.39. The lowest BCUT2D eigenvalue weighted by Crippen LogP contribution is -2.25. The van der Waals surface area contributed by atoms with E-state index >= 15 is 0 Å². The van der Waals surface area contributed by atoms with E-state index in [1.807, 2.05) is 12.1 Å². The average Bonchev–Trinajstić information content (AvgIpc) is 2.90. The molecule has 2 unspecified atom stereocenters. The topological polar surface area (TPSA) is 58.4 Å². The fraction of sp³-hybridized carbons (Fsp3) is 0.538. The lowest BCUT2D eigenvalue weighted by molar-refractivity contribution is -0.384. The van der Waals surface area contributed by atoms with Gasteiger partial charge in [0.15, 0.2) is 0 Å². The summed E-state index contributed by atoms with van der Waals surface area (Å²) in [5.74, 6) is 1.59. The number of nitro benzene ring substituents is 1. The Bertz CT molecular complexity index is 440. The molecule has 2 atom stereocenters. The van der Waals surface area contributed by atoms with Crippen LogP contribution in [0.1, 0.15) is 5.56 Å². The molecule has 1 aromatic rings. The molecule has 2 aliphatic heterocycles. The van der Waals surface area contributed by atoms with E-state index in [9.17, 15) is 10.1 Å². The molecule has 0 spiro atoms. The van der Waals surface area contributed by atoms with Gasteiger partial charge in [-0.05, 0) is 30.5 Å². The van der Waals surface area contributed by atoms with Crippen LogP contribution in [0.5, 0.6) is 0 Å². The molecule has 0 amide bonds. The van der Waals surface area contributed by atoms with E-state index in [4.69, 9.17) is 0 Å². The second-order valence-electron chi connectivity index (χ2n) is 5.30. The van der Waals surface area contributed by atoms with Gasteiger partial charge in [-0.15, -0.1) is 12.4 Å². The van der Waals surface area contributed by atoms with Crippen molar-refractivity contribution in [3.63, 3.8) is 0 Å². The molecule has 1 N–H and O–H groups in total. The van der Waals surface area contributed by atoms with Gasteiger partial charge in [0.2, 0.25) is 0 Å². The van der Waals surface area contributed by atoms with E-state index in [1.165, 1.54) is 0 Å². The first-order valence-electron chi connectivity index (χ1n) is 6.39. The van der Waals surface area contributed by atoms with Gasteiger partial charge in [-0.3, -0.25) is 15.0 Å². The van der Waals surface area contributed by atoms with Crippen LogP contribution >= 0.6 is 12.4 Å². The maximum absolute atomic E-state index is 10.6. The van der Waals surface area contributed by atoms with Gasteiger partial charge in [0.1, 0.15) is 0 Å². The molecule has 0 saturated carbocycles. The standard InChI is InChI=1S/C13H17N3O2.ClH/c17-16(18)13-3-1-10(2-4-13)7-15-8-11-5-14-6-12(11)9-15;/h1-4,11-12,14H,5-9H2;1H. The molecule has 2 heterocycles. The smallest absolute Gasteiger partial charge is 0.269 e. The van der Waals surface area contributed by atoms with Gasteiger partial charge in [-0.2, -0.15) is 0 Å². The first-order chi connectivity index (χ1) is 8.72. The molecule has 0 aromatic heterocycles. The van der Waals surface area contributed by atoms with Crippen LogP contribution in [0.2, 0.25) is 0 Å². The Balaban J connectivity index is 0.00000133. The Hall–Kier alpha value is -1.17. The number of halogens is 1. The molecule has 2 fully saturated rings. The molecule has 3 rings (SSSR count). The Morgan fingerprint density at radius 3 is 2.32 bits per heavy atom. The minimum Gasteiger partial charge on any atom is -0.316 e. The van der Waals surface area contributed by atoms with Gasteiger partial charge in [-0.25, -0.2) is 0 Å². The third kappa shape index (κ3) is 3.05. The summed E-state index contributed by atoms with van der Waals surface area (Å²) in [7, 11) is 0. The average molecular weight is 284 g/mol. The quantitative estimate of drug-likeness (QED) is 0.677. The number of fused-ring (bicyclic) bond motifs is 1. The molecular formula is C13H18ClN3O2. The van der Waals surface area contributed by atoms with Crippen molar-refractivity contribution in [3.8, 4) is 0 Å². The van der Waals surface area contributed by atoms with Gasteiger partial charge in [0, 0.05) is 31.8 Å². The number of rotatable bonds is 3. The van der Waals surface area contributed by atoms with Crippen molar-refractivity contribution in [2.45, 2.75) is 6.54 Å². The van der Waals surface area contributed by atoms with E-state index < -0.39 is 0 Å². The van der Waals surface area contributed by atoms with Crippen LogP contribution in [0.3, 0.4) is 0 Å². The van der Waals surface area contributed by atoms with Crippen molar-refractivity contribution in [1.29, 1.82) is 0 Å². The Morgan fingerprint density at radius 2 is 1.79 bits per heavy atom. The number of nitro groups is 1. The van der Waals surface area contributed by atoms with E-state index in [1.54, 1.807) is 12.1 Å². The predicted octanol–water partition coefficient (Wildman–Crippen LogP) is 1.67. The highest BCUT2D eigenvalue weighted by Gasteiger charge is 2.35. The highest BCUT2D eigenvalue weighted by molar-refractivity contribution is 5.85. The summed E-state index contributed by atoms with van der Waals surface area (Å²) in [6, 6.07) is 6.91. The monoisotopic (exact) mass is 283 g/mol. The minimum absolute atomic E-state index is 0. The van der Waals surface area contributed by atoms with Crippen LogP contribution in [0.25, 0.3) is 0 Å². The summed E-state index contributed by atoms with van der Waals surface area (Å²) in [5, 5.41) is 14.0. The normalized spacial score (nSPS) is 25.9.